The highest BCUT2D eigenvalue weighted by Crippen LogP contribution is 2.33. The molecule has 0 aliphatic heterocycles. The lowest BCUT2D eigenvalue weighted by molar-refractivity contribution is -0.155. The van der Waals surface area contributed by atoms with Crippen molar-refractivity contribution in [1.29, 1.82) is 0 Å². The van der Waals surface area contributed by atoms with Gasteiger partial charge in [-0.15, -0.1) is 0 Å². The van der Waals surface area contributed by atoms with Gasteiger partial charge in [-0.2, -0.15) is 0 Å². The first-order valence-electron chi connectivity index (χ1n) is 12.5. The molecule has 0 spiro atoms. The van der Waals surface area contributed by atoms with Crippen LogP contribution in [0.4, 0.5) is 10.1 Å². The second-order valence-electron chi connectivity index (χ2n) is 10.1. The van der Waals surface area contributed by atoms with Crippen LogP contribution in [0, 0.1) is 5.82 Å². The molecule has 200 valence electrons. The molecule has 38 heavy (non-hydrogen) atoms. The van der Waals surface area contributed by atoms with Crippen LogP contribution < -0.4 is 4.31 Å². The number of benzene rings is 3. The number of hydrogen-bond donors (Lipinski definition) is 0. The van der Waals surface area contributed by atoms with Gasteiger partial charge >= 0.3 is 5.97 Å². The molecule has 0 amide bonds. The maximum absolute atomic E-state index is 14.1. The Kier molecular flexibility index (Phi) is 7.87. The number of ether oxygens (including phenoxy) is 1. The molecule has 0 bridgehead atoms. The van der Waals surface area contributed by atoms with Crippen LogP contribution in [0.3, 0.4) is 0 Å². The molecule has 0 unspecified atom stereocenters. The number of aryl methyl sites for hydroxylation is 1. The van der Waals surface area contributed by atoms with Crippen molar-refractivity contribution in [2.75, 3.05) is 4.31 Å². The number of carbonyl (C=O) groups excluding carboxylic acids is 1. The zero-order valence-corrected chi connectivity index (χ0v) is 22.8. The molecule has 0 aliphatic carbocycles. The Morgan fingerprint density at radius 1 is 1.03 bits per heavy atom. The molecule has 3 aromatic carbocycles. The summed E-state index contributed by atoms with van der Waals surface area (Å²) in [6, 6.07) is 19.4. The van der Waals surface area contributed by atoms with Crippen molar-refractivity contribution in [3.8, 4) is 0 Å². The molecule has 0 aliphatic rings. The number of esters is 1. The first kappa shape index (κ1) is 27.3. The SMILES string of the molecule is CCCc1nc2c(N(Cc3ccccc3)S(=O)(=O)c3cccc(F)c3)cccc2n1CC(=O)OC(C)(C)C. The molecule has 1 heterocycles. The summed E-state index contributed by atoms with van der Waals surface area (Å²) in [7, 11) is -4.18. The molecule has 0 saturated heterocycles. The fourth-order valence-corrected chi connectivity index (χ4v) is 5.77. The Balaban J connectivity index is 1.89. The Morgan fingerprint density at radius 2 is 1.74 bits per heavy atom. The minimum Gasteiger partial charge on any atom is -0.459 e. The van der Waals surface area contributed by atoms with Gasteiger partial charge in [0.1, 0.15) is 29.3 Å². The minimum absolute atomic E-state index is 0.0147. The van der Waals surface area contributed by atoms with Crippen LogP contribution >= 0.6 is 0 Å². The lowest BCUT2D eigenvalue weighted by atomic mass is 10.2. The van der Waals surface area contributed by atoms with E-state index < -0.39 is 27.4 Å². The highest BCUT2D eigenvalue weighted by Gasteiger charge is 2.29. The van der Waals surface area contributed by atoms with E-state index in [1.54, 1.807) is 37.5 Å². The van der Waals surface area contributed by atoms with Crippen molar-refractivity contribution in [2.24, 2.45) is 0 Å². The normalized spacial score (nSPS) is 12.0. The summed E-state index contributed by atoms with van der Waals surface area (Å²) in [5, 5.41) is 0. The maximum atomic E-state index is 14.1. The molecule has 0 fully saturated rings. The number of halogens is 1. The molecule has 0 N–H and O–H groups in total. The standard InChI is InChI=1S/C29H32FN3O4S/c1-5-11-26-31-28-24(32(26)20-27(34)37-29(2,3)4)16-10-17-25(28)33(19-21-12-7-6-8-13-21)38(35,36)23-15-9-14-22(30)18-23/h6-10,12-18H,5,11,19-20H2,1-4H3. The number of rotatable bonds is 9. The minimum atomic E-state index is -4.18. The Morgan fingerprint density at radius 3 is 2.39 bits per heavy atom. The molecule has 0 radical (unpaired) electrons. The Hall–Kier alpha value is -3.72. The van der Waals surface area contributed by atoms with Gasteiger partial charge in [0.25, 0.3) is 10.0 Å². The Bertz CT molecular complexity index is 1540. The fraction of sp³-hybridized carbons (Fsp3) is 0.310. The van der Waals surface area contributed by atoms with E-state index >= 15 is 0 Å². The van der Waals surface area contributed by atoms with Crippen LogP contribution in [0.2, 0.25) is 0 Å². The highest BCUT2D eigenvalue weighted by molar-refractivity contribution is 7.92. The number of hydrogen-bond acceptors (Lipinski definition) is 5. The van der Waals surface area contributed by atoms with Gasteiger partial charge in [0.15, 0.2) is 0 Å². The Labute approximate surface area is 222 Å². The van der Waals surface area contributed by atoms with Crippen molar-refractivity contribution >= 4 is 32.7 Å². The largest absolute Gasteiger partial charge is 0.459 e. The number of imidazole rings is 1. The number of para-hydroxylation sites is 1. The second kappa shape index (κ2) is 10.9. The molecular formula is C29H32FN3O4S. The van der Waals surface area contributed by atoms with Gasteiger partial charge in [0.2, 0.25) is 0 Å². The zero-order chi connectivity index (χ0) is 27.5. The average Bonchev–Trinajstić information content (AvgIpc) is 3.19. The predicted molar refractivity (Wildman–Crippen MR) is 146 cm³/mol. The zero-order valence-electron chi connectivity index (χ0n) is 22.0. The summed E-state index contributed by atoms with van der Waals surface area (Å²) < 4.78 is 50.5. The lowest BCUT2D eigenvalue weighted by Gasteiger charge is -2.25. The van der Waals surface area contributed by atoms with Gasteiger partial charge in [-0.1, -0.05) is 49.4 Å². The van der Waals surface area contributed by atoms with Crippen molar-refractivity contribution in [3.05, 3.63) is 90.0 Å². The van der Waals surface area contributed by atoms with E-state index in [-0.39, 0.29) is 18.0 Å². The first-order valence-corrected chi connectivity index (χ1v) is 14.0. The number of sulfonamides is 1. The lowest BCUT2D eigenvalue weighted by Crippen LogP contribution is -2.31. The number of aromatic nitrogens is 2. The second-order valence-corrected chi connectivity index (χ2v) is 11.9. The molecule has 7 nitrogen and oxygen atoms in total. The van der Waals surface area contributed by atoms with Gasteiger partial charge in [0.05, 0.1) is 22.6 Å². The van der Waals surface area contributed by atoms with E-state index in [0.29, 0.717) is 29.0 Å². The number of nitrogens with zero attached hydrogens (tertiary/aromatic N) is 3. The summed E-state index contributed by atoms with van der Waals surface area (Å²) in [4.78, 5) is 17.4. The van der Waals surface area contributed by atoms with Gasteiger partial charge in [-0.3, -0.25) is 9.10 Å². The average molecular weight is 538 g/mol. The molecule has 4 rings (SSSR count). The van der Waals surface area contributed by atoms with Gasteiger partial charge in [-0.05, 0) is 63.1 Å². The van der Waals surface area contributed by atoms with Crippen LogP contribution in [-0.2, 0) is 39.1 Å². The molecular weight excluding hydrogens is 505 g/mol. The van der Waals surface area contributed by atoms with E-state index in [1.165, 1.54) is 22.5 Å². The van der Waals surface area contributed by atoms with Gasteiger partial charge < -0.3 is 9.30 Å². The smallest absolute Gasteiger partial charge is 0.326 e. The topological polar surface area (TPSA) is 81.5 Å². The van der Waals surface area contributed by atoms with Crippen LogP contribution in [0.25, 0.3) is 11.0 Å². The van der Waals surface area contributed by atoms with Crippen LogP contribution in [0.5, 0.6) is 0 Å². The van der Waals surface area contributed by atoms with E-state index in [2.05, 4.69) is 0 Å². The van der Waals surface area contributed by atoms with E-state index in [4.69, 9.17) is 9.72 Å². The molecule has 1 aromatic heterocycles. The van der Waals surface area contributed by atoms with Crippen molar-refractivity contribution in [2.45, 2.75) is 64.1 Å². The monoisotopic (exact) mass is 537 g/mol. The van der Waals surface area contributed by atoms with Crippen molar-refractivity contribution in [3.63, 3.8) is 0 Å². The van der Waals surface area contributed by atoms with Crippen LogP contribution in [-0.4, -0.2) is 29.5 Å². The fourth-order valence-electron chi connectivity index (χ4n) is 4.28. The summed E-state index contributed by atoms with van der Waals surface area (Å²) >= 11 is 0. The summed E-state index contributed by atoms with van der Waals surface area (Å²) in [6.07, 6.45) is 1.37. The number of anilines is 1. The first-order chi connectivity index (χ1) is 18.0. The third-order valence-electron chi connectivity index (χ3n) is 5.84. The molecule has 0 saturated carbocycles. The van der Waals surface area contributed by atoms with Gasteiger partial charge in [0, 0.05) is 6.42 Å². The molecule has 4 aromatic rings. The van der Waals surface area contributed by atoms with Crippen LogP contribution in [0.1, 0.15) is 45.5 Å². The quantitative estimate of drug-likeness (QED) is 0.250. The third-order valence-corrected chi connectivity index (χ3v) is 7.59. The van der Waals surface area contributed by atoms with E-state index in [1.807, 2.05) is 43.3 Å². The predicted octanol–water partition coefficient (Wildman–Crippen LogP) is 5.87. The summed E-state index contributed by atoms with van der Waals surface area (Å²) in [5.74, 6) is -0.396. The summed E-state index contributed by atoms with van der Waals surface area (Å²) in [5.41, 5.74) is 1.51. The van der Waals surface area contributed by atoms with Crippen molar-refractivity contribution in [1.82, 2.24) is 9.55 Å². The maximum Gasteiger partial charge on any atom is 0.326 e. The summed E-state index contributed by atoms with van der Waals surface area (Å²) in [6.45, 7) is 7.39. The number of fused-ring (bicyclic) bond motifs is 1. The van der Waals surface area contributed by atoms with E-state index in [9.17, 15) is 17.6 Å². The highest BCUT2D eigenvalue weighted by atomic mass is 32.2. The molecule has 9 heteroatoms. The molecule has 0 atom stereocenters. The number of carbonyl (C=O) groups is 1. The van der Waals surface area contributed by atoms with Crippen LogP contribution in [0.15, 0.2) is 77.7 Å². The van der Waals surface area contributed by atoms with E-state index in [0.717, 1.165) is 18.1 Å². The van der Waals surface area contributed by atoms with Gasteiger partial charge in [-0.25, -0.2) is 17.8 Å². The van der Waals surface area contributed by atoms with Crippen molar-refractivity contribution < 1.29 is 22.3 Å². The third kappa shape index (κ3) is 6.05.